The number of hydrogen-bond donors (Lipinski definition) is 2. The largest absolute Gasteiger partial charge is 0.416 e. The first-order valence-electron chi connectivity index (χ1n) is 5.98. The summed E-state index contributed by atoms with van der Waals surface area (Å²) in [4.78, 5) is 3.85. The number of nitrogens with zero attached hydrogens (tertiary/aromatic N) is 1. The summed E-state index contributed by atoms with van der Waals surface area (Å²) in [6, 6.07) is 1.70. The van der Waals surface area contributed by atoms with E-state index in [4.69, 9.17) is 11.6 Å². The first-order valence-corrected chi connectivity index (χ1v) is 6.36. The van der Waals surface area contributed by atoms with Gasteiger partial charge in [-0.15, -0.1) is 0 Å². The van der Waals surface area contributed by atoms with Crippen molar-refractivity contribution in [2.24, 2.45) is 0 Å². The fraction of sp³-hybridized carbons (Fsp3) is 0.583. The highest BCUT2D eigenvalue weighted by Gasteiger charge is 2.35. The lowest BCUT2D eigenvalue weighted by Crippen LogP contribution is -2.39. The number of hydrogen-bond acceptors (Lipinski definition) is 3. The lowest BCUT2D eigenvalue weighted by Gasteiger charge is -2.29. The van der Waals surface area contributed by atoms with E-state index in [-0.39, 0.29) is 17.6 Å². The maximum absolute atomic E-state index is 12.7. The van der Waals surface area contributed by atoms with Crippen molar-refractivity contribution in [3.8, 4) is 0 Å². The number of aromatic nitrogens is 1. The zero-order valence-corrected chi connectivity index (χ0v) is 10.9. The Morgan fingerprint density at radius 2 is 1.95 bits per heavy atom. The summed E-state index contributed by atoms with van der Waals surface area (Å²) >= 11 is 5.62. The van der Waals surface area contributed by atoms with Crippen molar-refractivity contribution in [1.82, 2.24) is 4.98 Å². The summed E-state index contributed by atoms with van der Waals surface area (Å²) in [5.41, 5.74) is -1.43. The van der Waals surface area contributed by atoms with Crippen molar-refractivity contribution >= 4 is 17.4 Å². The van der Waals surface area contributed by atoms with Crippen molar-refractivity contribution in [3.63, 3.8) is 0 Å². The summed E-state index contributed by atoms with van der Waals surface area (Å²) in [5.74, 6) is 0.0516. The van der Waals surface area contributed by atoms with Gasteiger partial charge in [0.2, 0.25) is 0 Å². The predicted molar refractivity (Wildman–Crippen MR) is 66.2 cm³/mol. The van der Waals surface area contributed by atoms with Crippen LogP contribution in [0.3, 0.4) is 0 Å². The molecule has 1 aromatic rings. The van der Waals surface area contributed by atoms with Crippen LogP contribution >= 0.6 is 11.6 Å². The maximum Gasteiger partial charge on any atom is 0.416 e. The summed E-state index contributed by atoms with van der Waals surface area (Å²) in [7, 11) is 0. The Morgan fingerprint density at radius 3 is 2.47 bits per heavy atom. The van der Waals surface area contributed by atoms with Crippen molar-refractivity contribution < 1.29 is 18.3 Å². The van der Waals surface area contributed by atoms with E-state index in [9.17, 15) is 18.3 Å². The van der Waals surface area contributed by atoms with Crippen LogP contribution in [-0.2, 0) is 6.18 Å². The molecule has 0 atom stereocenters. The second-order valence-electron chi connectivity index (χ2n) is 4.83. The van der Waals surface area contributed by atoms with E-state index in [1.54, 1.807) is 0 Å². The van der Waals surface area contributed by atoms with Gasteiger partial charge in [-0.1, -0.05) is 24.4 Å². The molecule has 3 nitrogen and oxygen atoms in total. The van der Waals surface area contributed by atoms with Gasteiger partial charge in [-0.05, 0) is 25.0 Å². The molecule has 0 aromatic carbocycles. The second-order valence-corrected chi connectivity index (χ2v) is 5.22. The van der Waals surface area contributed by atoms with E-state index in [0.29, 0.717) is 12.8 Å². The van der Waals surface area contributed by atoms with Gasteiger partial charge in [-0.2, -0.15) is 13.2 Å². The number of halogens is 4. The van der Waals surface area contributed by atoms with Crippen molar-refractivity contribution in [2.75, 3.05) is 11.9 Å². The molecule has 2 N–H and O–H groups in total. The minimum atomic E-state index is -4.47. The van der Waals surface area contributed by atoms with Crippen LogP contribution in [0, 0.1) is 0 Å². The van der Waals surface area contributed by atoms with Crippen LogP contribution in [0.15, 0.2) is 12.1 Å². The standard InChI is InChI=1S/C12H14ClF3N2O/c13-9-5-8(12(14,15)16)6-10(17-9)18-11(7-19)3-1-2-4-11/h5-6,19H,1-4,7H2,(H,17,18). The van der Waals surface area contributed by atoms with Gasteiger partial charge in [0.05, 0.1) is 17.7 Å². The fourth-order valence-corrected chi connectivity index (χ4v) is 2.58. The summed E-state index contributed by atoms with van der Waals surface area (Å²) < 4.78 is 38.0. The van der Waals surface area contributed by atoms with Crippen LogP contribution in [0.1, 0.15) is 31.2 Å². The highest BCUT2D eigenvalue weighted by molar-refractivity contribution is 6.29. The first kappa shape index (κ1) is 14.4. The van der Waals surface area contributed by atoms with Crippen LogP contribution < -0.4 is 5.32 Å². The Morgan fingerprint density at radius 1 is 1.32 bits per heavy atom. The average molecular weight is 295 g/mol. The average Bonchev–Trinajstić information content (AvgIpc) is 2.76. The fourth-order valence-electron chi connectivity index (χ4n) is 2.37. The van der Waals surface area contributed by atoms with Crippen LogP contribution in [0.5, 0.6) is 0 Å². The highest BCUT2D eigenvalue weighted by Crippen LogP contribution is 2.35. The SMILES string of the molecule is OCC1(Nc2cc(C(F)(F)F)cc(Cl)n2)CCCC1. The van der Waals surface area contributed by atoms with Gasteiger partial charge in [0.15, 0.2) is 0 Å². The molecular weight excluding hydrogens is 281 g/mol. The van der Waals surface area contributed by atoms with Crippen LogP contribution in [0.2, 0.25) is 5.15 Å². The molecule has 0 bridgehead atoms. The molecule has 1 heterocycles. The topological polar surface area (TPSA) is 45.1 Å². The van der Waals surface area contributed by atoms with Crippen LogP contribution in [0.4, 0.5) is 19.0 Å². The quantitative estimate of drug-likeness (QED) is 0.839. The molecule has 0 aliphatic heterocycles. The molecule has 0 spiro atoms. The van der Waals surface area contributed by atoms with E-state index < -0.39 is 17.3 Å². The highest BCUT2D eigenvalue weighted by atomic mass is 35.5. The van der Waals surface area contributed by atoms with Crippen molar-refractivity contribution in [3.05, 3.63) is 22.8 Å². The Bertz CT molecular complexity index is 459. The molecule has 1 saturated carbocycles. The van der Waals surface area contributed by atoms with Gasteiger partial charge in [0, 0.05) is 0 Å². The Balaban J connectivity index is 2.27. The molecule has 0 amide bonds. The number of aliphatic hydroxyl groups excluding tert-OH is 1. The van der Waals surface area contributed by atoms with E-state index in [1.807, 2.05) is 0 Å². The molecule has 0 saturated heterocycles. The molecule has 0 radical (unpaired) electrons. The minimum Gasteiger partial charge on any atom is -0.394 e. The van der Waals surface area contributed by atoms with Gasteiger partial charge in [0.25, 0.3) is 0 Å². The smallest absolute Gasteiger partial charge is 0.394 e. The summed E-state index contributed by atoms with van der Waals surface area (Å²) in [5, 5.41) is 12.1. The van der Waals surface area contributed by atoms with Gasteiger partial charge in [-0.3, -0.25) is 0 Å². The minimum absolute atomic E-state index is 0.0516. The molecule has 19 heavy (non-hydrogen) atoms. The number of rotatable bonds is 3. The Kier molecular flexibility index (Phi) is 3.92. The lowest BCUT2D eigenvalue weighted by atomic mass is 9.99. The molecule has 1 fully saturated rings. The van der Waals surface area contributed by atoms with Crippen LogP contribution in [0.25, 0.3) is 0 Å². The predicted octanol–water partition coefficient (Wildman–Crippen LogP) is 3.47. The number of alkyl halides is 3. The molecule has 1 aliphatic rings. The lowest BCUT2D eigenvalue weighted by molar-refractivity contribution is -0.137. The van der Waals surface area contributed by atoms with Crippen LogP contribution in [-0.4, -0.2) is 22.2 Å². The van der Waals surface area contributed by atoms with E-state index in [1.165, 1.54) is 0 Å². The monoisotopic (exact) mass is 294 g/mol. The molecular formula is C12H14ClF3N2O. The summed E-state index contributed by atoms with van der Waals surface area (Å²) in [6.45, 7) is -0.136. The Labute approximate surface area is 113 Å². The third kappa shape index (κ3) is 3.30. The molecule has 7 heteroatoms. The third-order valence-electron chi connectivity index (χ3n) is 3.38. The number of anilines is 1. The molecule has 2 rings (SSSR count). The zero-order chi connectivity index (χ0) is 14.1. The molecule has 1 aliphatic carbocycles. The molecule has 0 unspecified atom stereocenters. The van der Waals surface area contributed by atoms with Gasteiger partial charge < -0.3 is 10.4 Å². The normalized spacial score (nSPS) is 18.6. The van der Waals surface area contributed by atoms with E-state index in [2.05, 4.69) is 10.3 Å². The second kappa shape index (κ2) is 5.17. The van der Waals surface area contributed by atoms with E-state index in [0.717, 1.165) is 25.0 Å². The van der Waals surface area contributed by atoms with Crippen molar-refractivity contribution in [2.45, 2.75) is 37.4 Å². The maximum atomic E-state index is 12.7. The Hall–Kier alpha value is -1.01. The molecule has 1 aromatic heterocycles. The number of aliphatic hydroxyl groups is 1. The third-order valence-corrected chi connectivity index (χ3v) is 3.57. The first-order chi connectivity index (χ1) is 8.85. The number of nitrogens with one attached hydrogen (secondary N) is 1. The zero-order valence-electron chi connectivity index (χ0n) is 10.1. The van der Waals surface area contributed by atoms with Gasteiger partial charge in [0.1, 0.15) is 11.0 Å². The summed E-state index contributed by atoms with van der Waals surface area (Å²) in [6.07, 6.45) is -1.19. The van der Waals surface area contributed by atoms with Gasteiger partial charge in [-0.25, -0.2) is 4.98 Å². The molecule has 106 valence electrons. The number of pyridine rings is 1. The van der Waals surface area contributed by atoms with Crippen molar-refractivity contribution in [1.29, 1.82) is 0 Å². The van der Waals surface area contributed by atoms with Gasteiger partial charge >= 0.3 is 6.18 Å². The van der Waals surface area contributed by atoms with E-state index >= 15 is 0 Å².